The Labute approximate surface area is 153 Å². The number of carbonyl (C=O) groups excluding carboxylic acids is 1. The van der Waals surface area contributed by atoms with E-state index in [0.717, 1.165) is 30.5 Å². The van der Waals surface area contributed by atoms with Gasteiger partial charge in [0.1, 0.15) is 11.4 Å². The zero-order valence-corrected chi connectivity index (χ0v) is 14.3. The van der Waals surface area contributed by atoms with Crippen LogP contribution in [0, 0.1) is 0 Å². The molecule has 2 aliphatic carbocycles. The van der Waals surface area contributed by atoms with Crippen molar-refractivity contribution in [3.63, 3.8) is 0 Å². The number of aromatic nitrogens is 2. The number of H-pyrrole nitrogens is 1. The fourth-order valence-corrected chi connectivity index (χ4v) is 3.35. The molecule has 0 radical (unpaired) electrons. The highest BCUT2D eigenvalue weighted by atomic mass is 19.4. The third-order valence-corrected chi connectivity index (χ3v) is 5.21. The zero-order valence-electron chi connectivity index (χ0n) is 14.3. The van der Waals surface area contributed by atoms with Crippen LogP contribution in [0.15, 0.2) is 35.3 Å². The van der Waals surface area contributed by atoms with Crippen molar-refractivity contribution in [2.75, 3.05) is 0 Å². The maximum Gasteiger partial charge on any atom is 0.416 e. The second kappa shape index (κ2) is 6.51. The van der Waals surface area contributed by atoms with Crippen LogP contribution >= 0.6 is 0 Å². The van der Waals surface area contributed by atoms with E-state index in [0.29, 0.717) is 24.6 Å². The van der Waals surface area contributed by atoms with Crippen LogP contribution < -0.4 is 10.9 Å². The molecule has 2 aliphatic rings. The zero-order chi connectivity index (χ0) is 19.2. The molecule has 0 bridgehead atoms. The molecule has 1 aromatic carbocycles. The van der Waals surface area contributed by atoms with Gasteiger partial charge in [-0.2, -0.15) is 13.2 Å². The quantitative estimate of drug-likeness (QED) is 0.858. The lowest BCUT2D eigenvalue weighted by atomic mass is 9.75. The molecule has 0 unspecified atom stereocenters. The smallest absolute Gasteiger partial charge is 0.349 e. The first kappa shape index (κ1) is 17.8. The van der Waals surface area contributed by atoms with E-state index in [4.69, 9.17) is 0 Å². The summed E-state index contributed by atoms with van der Waals surface area (Å²) in [5.74, 6) is 0.557. The molecule has 4 rings (SSSR count). The van der Waals surface area contributed by atoms with Gasteiger partial charge in [0.25, 0.3) is 11.5 Å². The van der Waals surface area contributed by atoms with Gasteiger partial charge >= 0.3 is 6.18 Å². The Balaban J connectivity index is 1.33. The van der Waals surface area contributed by atoms with Crippen LogP contribution in [-0.4, -0.2) is 21.9 Å². The normalized spacial score (nSPS) is 22.2. The van der Waals surface area contributed by atoms with Crippen molar-refractivity contribution < 1.29 is 18.0 Å². The van der Waals surface area contributed by atoms with E-state index in [1.807, 2.05) is 0 Å². The van der Waals surface area contributed by atoms with Gasteiger partial charge in [0.15, 0.2) is 0 Å². The first-order chi connectivity index (χ1) is 12.8. The minimum atomic E-state index is -4.34. The van der Waals surface area contributed by atoms with Crippen LogP contribution in [-0.2, 0) is 6.18 Å². The predicted octanol–water partition coefficient (Wildman–Crippen LogP) is 3.34. The van der Waals surface area contributed by atoms with Gasteiger partial charge in [-0.1, -0.05) is 12.1 Å². The van der Waals surface area contributed by atoms with Crippen molar-refractivity contribution >= 4 is 5.91 Å². The maximum absolute atomic E-state index is 12.6. The molecule has 0 saturated heterocycles. The Hall–Kier alpha value is -2.64. The largest absolute Gasteiger partial charge is 0.416 e. The van der Waals surface area contributed by atoms with Crippen molar-refractivity contribution in [1.82, 2.24) is 15.3 Å². The molecule has 27 heavy (non-hydrogen) atoms. The van der Waals surface area contributed by atoms with E-state index in [1.165, 1.54) is 18.3 Å². The summed E-state index contributed by atoms with van der Waals surface area (Å²) in [5, 5.41) is 2.79. The van der Waals surface area contributed by atoms with E-state index in [1.54, 1.807) is 0 Å². The van der Waals surface area contributed by atoms with E-state index in [-0.39, 0.29) is 17.5 Å². The summed E-state index contributed by atoms with van der Waals surface area (Å²) in [4.78, 5) is 31.1. The first-order valence-corrected chi connectivity index (χ1v) is 8.88. The number of nitrogens with zero attached hydrogens (tertiary/aromatic N) is 1. The Morgan fingerprint density at radius 2 is 1.78 bits per heavy atom. The summed E-state index contributed by atoms with van der Waals surface area (Å²) in [6.07, 6.45) is 0.230. The standard InChI is InChI=1S/C19H18F3N3O2/c20-19(21,22)13-5-3-10(4-6-13)12-7-14(8-12)24-17(26)15-9-23-16(11-1-2-11)25-18(15)27/h3-6,9,11-12,14H,1-2,7-8H2,(H,24,26)(H,23,25,27). The summed E-state index contributed by atoms with van der Waals surface area (Å²) in [6.45, 7) is 0. The Morgan fingerprint density at radius 1 is 1.11 bits per heavy atom. The summed E-state index contributed by atoms with van der Waals surface area (Å²) < 4.78 is 37.8. The minimum Gasteiger partial charge on any atom is -0.349 e. The van der Waals surface area contributed by atoms with Crippen molar-refractivity contribution in [3.8, 4) is 0 Å². The number of alkyl halides is 3. The lowest BCUT2D eigenvalue weighted by Gasteiger charge is -2.36. The summed E-state index contributed by atoms with van der Waals surface area (Å²) in [6, 6.07) is 5.02. The fraction of sp³-hybridized carbons (Fsp3) is 0.421. The SMILES string of the molecule is O=C(NC1CC(c2ccc(C(F)(F)F)cc2)C1)c1cnc(C2CC2)[nH]c1=O. The molecular weight excluding hydrogens is 359 g/mol. The number of rotatable bonds is 4. The van der Waals surface area contributed by atoms with Crippen molar-refractivity contribution in [2.45, 2.75) is 49.7 Å². The lowest BCUT2D eigenvalue weighted by molar-refractivity contribution is -0.137. The van der Waals surface area contributed by atoms with Crippen LogP contribution in [0.2, 0.25) is 0 Å². The van der Waals surface area contributed by atoms with Crippen molar-refractivity contribution in [1.29, 1.82) is 0 Å². The molecule has 2 saturated carbocycles. The van der Waals surface area contributed by atoms with E-state index < -0.39 is 23.2 Å². The van der Waals surface area contributed by atoms with Crippen LogP contribution in [0.3, 0.4) is 0 Å². The Kier molecular flexibility index (Phi) is 4.28. The average Bonchev–Trinajstić information content (AvgIpc) is 3.42. The number of nitrogens with one attached hydrogen (secondary N) is 2. The minimum absolute atomic E-state index is 0.0163. The van der Waals surface area contributed by atoms with Crippen molar-refractivity contribution in [3.05, 3.63) is 63.3 Å². The third kappa shape index (κ3) is 3.74. The van der Waals surface area contributed by atoms with Gasteiger partial charge in [0.2, 0.25) is 0 Å². The number of benzene rings is 1. The highest BCUT2D eigenvalue weighted by Gasteiger charge is 2.34. The third-order valence-electron chi connectivity index (χ3n) is 5.21. The summed E-state index contributed by atoms with van der Waals surface area (Å²) in [5.41, 5.74) is -0.306. The van der Waals surface area contributed by atoms with Gasteiger partial charge < -0.3 is 10.3 Å². The van der Waals surface area contributed by atoms with E-state index in [2.05, 4.69) is 15.3 Å². The average molecular weight is 377 g/mol. The molecule has 1 aromatic heterocycles. The number of aromatic amines is 1. The summed E-state index contributed by atoms with van der Waals surface area (Å²) in [7, 11) is 0. The van der Waals surface area contributed by atoms with Gasteiger partial charge in [-0.05, 0) is 49.3 Å². The van der Waals surface area contributed by atoms with Gasteiger partial charge in [-0.3, -0.25) is 9.59 Å². The first-order valence-electron chi connectivity index (χ1n) is 8.88. The molecule has 8 heteroatoms. The number of carbonyl (C=O) groups is 1. The number of hydrogen-bond acceptors (Lipinski definition) is 3. The van der Waals surface area contributed by atoms with Crippen LogP contribution in [0.4, 0.5) is 13.2 Å². The molecule has 0 aliphatic heterocycles. The molecule has 2 aromatic rings. The molecule has 1 amide bonds. The molecule has 142 valence electrons. The maximum atomic E-state index is 12.6. The molecule has 5 nitrogen and oxygen atoms in total. The monoisotopic (exact) mass is 377 g/mol. The number of amides is 1. The van der Waals surface area contributed by atoms with Crippen LogP contribution in [0.5, 0.6) is 0 Å². The predicted molar refractivity (Wildman–Crippen MR) is 91.5 cm³/mol. The second-order valence-corrected chi connectivity index (χ2v) is 7.24. The molecule has 2 N–H and O–H groups in total. The van der Waals surface area contributed by atoms with Gasteiger partial charge in [-0.25, -0.2) is 4.98 Å². The highest BCUT2D eigenvalue weighted by molar-refractivity contribution is 5.93. The molecule has 1 heterocycles. The van der Waals surface area contributed by atoms with E-state index >= 15 is 0 Å². The second-order valence-electron chi connectivity index (χ2n) is 7.24. The highest BCUT2D eigenvalue weighted by Crippen LogP contribution is 2.39. The molecule has 0 atom stereocenters. The van der Waals surface area contributed by atoms with Crippen LogP contribution in [0.1, 0.15) is 64.8 Å². The Bertz CT molecular complexity index is 911. The fourth-order valence-electron chi connectivity index (χ4n) is 3.35. The van der Waals surface area contributed by atoms with Crippen molar-refractivity contribution in [2.24, 2.45) is 0 Å². The molecule has 0 spiro atoms. The number of halogens is 3. The number of hydrogen-bond donors (Lipinski definition) is 2. The van der Waals surface area contributed by atoms with Crippen LogP contribution in [0.25, 0.3) is 0 Å². The van der Waals surface area contributed by atoms with Gasteiger partial charge in [-0.15, -0.1) is 0 Å². The van der Waals surface area contributed by atoms with E-state index in [9.17, 15) is 22.8 Å². The summed E-state index contributed by atoms with van der Waals surface area (Å²) >= 11 is 0. The molecule has 2 fully saturated rings. The Morgan fingerprint density at radius 3 is 2.33 bits per heavy atom. The van der Waals surface area contributed by atoms with Gasteiger partial charge in [0.05, 0.1) is 5.56 Å². The topological polar surface area (TPSA) is 74.8 Å². The lowest BCUT2D eigenvalue weighted by Crippen LogP contribution is -2.44. The molecular formula is C19H18F3N3O2. The van der Waals surface area contributed by atoms with Gasteiger partial charge in [0, 0.05) is 18.2 Å².